The molecular formula is C11H14O5. The number of aldehydes is 1. The molecule has 1 aliphatic rings. The lowest BCUT2D eigenvalue weighted by molar-refractivity contribution is -0.170. The highest BCUT2D eigenvalue weighted by Crippen LogP contribution is 2.38. The first-order valence-corrected chi connectivity index (χ1v) is 4.91. The molecular weight excluding hydrogens is 212 g/mol. The van der Waals surface area contributed by atoms with E-state index in [1.165, 1.54) is 14.2 Å². The van der Waals surface area contributed by atoms with Crippen LogP contribution in [0.3, 0.4) is 0 Å². The lowest BCUT2D eigenvalue weighted by Crippen LogP contribution is -2.43. The normalized spacial score (nSPS) is 18.2. The van der Waals surface area contributed by atoms with Crippen LogP contribution in [0.2, 0.25) is 0 Å². The largest absolute Gasteiger partial charge is 0.468 e. The molecule has 0 aromatic carbocycles. The number of ether oxygens (including phenoxy) is 2. The van der Waals surface area contributed by atoms with Crippen molar-refractivity contribution in [2.75, 3.05) is 14.2 Å². The van der Waals surface area contributed by atoms with E-state index in [0.29, 0.717) is 24.7 Å². The maximum atomic E-state index is 11.7. The van der Waals surface area contributed by atoms with Gasteiger partial charge in [-0.15, -0.1) is 0 Å². The second kappa shape index (κ2) is 4.92. The molecule has 0 heterocycles. The zero-order valence-corrected chi connectivity index (χ0v) is 9.32. The number of allylic oxidation sites excluding steroid dienone is 2. The van der Waals surface area contributed by atoms with Crippen LogP contribution in [-0.4, -0.2) is 32.4 Å². The summed E-state index contributed by atoms with van der Waals surface area (Å²) in [6.07, 6.45) is 3.22. The van der Waals surface area contributed by atoms with Crippen LogP contribution in [0.1, 0.15) is 19.3 Å². The Morgan fingerprint density at radius 1 is 1.31 bits per heavy atom. The molecule has 0 saturated carbocycles. The monoisotopic (exact) mass is 226 g/mol. The Bertz CT molecular complexity index is 326. The second-order valence-corrected chi connectivity index (χ2v) is 3.68. The third-order valence-corrected chi connectivity index (χ3v) is 2.79. The van der Waals surface area contributed by atoms with E-state index in [1.807, 2.05) is 0 Å². The molecule has 0 aromatic rings. The van der Waals surface area contributed by atoms with E-state index in [2.05, 4.69) is 9.47 Å². The van der Waals surface area contributed by atoms with Crippen molar-refractivity contribution in [1.82, 2.24) is 0 Å². The molecule has 88 valence electrons. The molecule has 1 rings (SSSR count). The Hall–Kier alpha value is -1.65. The van der Waals surface area contributed by atoms with Gasteiger partial charge >= 0.3 is 11.9 Å². The van der Waals surface area contributed by atoms with Crippen LogP contribution in [-0.2, 0) is 23.9 Å². The summed E-state index contributed by atoms with van der Waals surface area (Å²) in [4.78, 5) is 34.1. The van der Waals surface area contributed by atoms with Gasteiger partial charge in [-0.3, -0.25) is 14.4 Å². The predicted molar refractivity (Wildman–Crippen MR) is 54.5 cm³/mol. The van der Waals surface area contributed by atoms with Crippen LogP contribution in [0.15, 0.2) is 11.6 Å². The van der Waals surface area contributed by atoms with Crippen molar-refractivity contribution in [3.05, 3.63) is 11.6 Å². The Balaban J connectivity index is 3.07. The molecule has 5 nitrogen and oxygen atoms in total. The average molecular weight is 226 g/mol. The van der Waals surface area contributed by atoms with Gasteiger partial charge in [-0.05, 0) is 18.4 Å². The fourth-order valence-electron chi connectivity index (χ4n) is 1.93. The SMILES string of the molecule is COC(=O)C1(C(=O)OC)CCC=C(C=O)C1. The van der Waals surface area contributed by atoms with E-state index in [0.717, 1.165) is 0 Å². The first-order chi connectivity index (χ1) is 7.60. The maximum absolute atomic E-state index is 11.7. The summed E-state index contributed by atoms with van der Waals surface area (Å²) in [5, 5.41) is 0. The van der Waals surface area contributed by atoms with Crippen LogP contribution >= 0.6 is 0 Å². The molecule has 16 heavy (non-hydrogen) atoms. The fraction of sp³-hybridized carbons (Fsp3) is 0.545. The van der Waals surface area contributed by atoms with Gasteiger partial charge in [-0.25, -0.2) is 0 Å². The second-order valence-electron chi connectivity index (χ2n) is 3.68. The van der Waals surface area contributed by atoms with Crippen molar-refractivity contribution in [1.29, 1.82) is 0 Å². The van der Waals surface area contributed by atoms with Gasteiger partial charge in [0.15, 0.2) is 5.41 Å². The van der Waals surface area contributed by atoms with Gasteiger partial charge < -0.3 is 9.47 Å². The van der Waals surface area contributed by atoms with Gasteiger partial charge in [0.1, 0.15) is 6.29 Å². The molecule has 1 aliphatic carbocycles. The minimum atomic E-state index is -1.35. The van der Waals surface area contributed by atoms with Crippen LogP contribution in [0.4, 0.5) is 0 Å². The summed E-state index contributed by atoms with van der Waals surface area (Å²) in [7, 11) is 2.43. The van der Waals surface area contributed by atoms with E-state index < -0.39 is 17.4 Å². The minimum absolute atomic E-state index is 0.0514. The summed E-state index contributed by atoms with van der Waals surface area (Å²) < 4.78 is 9.25. The molecule has 0 aliphatic heterocycles. The predicted octanol–water partition coefficient (Wildman–Crippen LogP) is 0.628. The van der Waals surface area contributed by atoms with Crippen molar-refractivity contribution < 1.29 is 23.9 Å². The smallest absolute Gasteiger partial charge is 0.323 e. The Kier molecular flexibility index (Phi) is 3.82. The number of carbonyl (C=O) groups excluding carboxylic acids is 3. The standard InChI is InChI=1S/C11H14O5/c1-15-9(13)11(10(14)16-2)5-3-4-8(6-11)7-12/h4,7H,3,5-6H2,1-2H3. The molecule has 0 spiro atoms. The average Bonchev–Trinajstić information content (AvgIpc) is 2.36. The number of hydrogen-bond acceptors (Lipinski definition) is 5. The third-order valence-electron chi connectivity index (χ3n) is 2.79. The quantitative estimate of drug-likeness (QED) is 0.401. The van der Waals surface area contributed by atoms with Crippen molar-refractivity contribution >= 4 is 18.2 Å². The van der Waals surface area contributed by atoms with Gasteiger partial charge in [0.2, 0.25) is 0 Å². The summed E-state index contributed by atoms with van der Waals surface area (Å²) in [6, 6.07) is 0. The van der Waals surface area contributed by atoms with Crippen LogP contribution in [0, 0.1) is 5.41 Å². The topological polar surface area (TPSA) is 69.7 Å². The van der Waals surface area contributed by atoms with E-state index in [4.69, 9.17) is 0 Å². The molecule has 0 unspecified atom stereocenters. The molecule has 0 amide bonds. The molecule has 0 bridgehead atoms. The van der Waals surface area contributed by atoms with Gasteiger partial charge in [0, 0.05) is 6.42 Å². The Morgan fingerprint density at radius 3 is 2.31 bits per heavy atom. The summed E-state index contributed by atoms with van der Waals surface area (Å²) in [6.45, 7) is 0. The van der Waals surface area contributed by atoms with E-state index >= 15 is 0 Å². The third kappa shape index (κ3) is 1.98. The lowest BCUT2D eigenvalue weighted by atomic mass is 9.74. The van der Waals surface area contributed by atoms with Crippen molar-refractivity contribution in [2.45, 2.75) is 19.3 Å². The summed E-state index contributed by atoms with van der Waals surface area (Å²) in [5.41, 5.74) is -0.920. The highest BCUT2D eigenvalue weighted by molar-refractivity contribution is 6.01. The molecule has 0 aromatic heterocycles. The summed E-state index contributed by atoms with van der Waals surface area (Å²) >= 11 is 0. The van der Waals surface area contributed by atoms with Crippen molar-refractivity contribution in [3.63, 3.8) is 0 Å². The molecule has 0 N–H and O–H groups in total. The van der Waals surface area contributed by atoms with Gasteiger partial charge in [-0.2, -0.15) is 0 Å². The number of rotatable bonds is 3. The maximum Gasteiger partial charge on any atom is 0.323 e. The van der Waals surface area contributed by atoms with E-state index in [9.17, 15) is 14.4 Å². The first kappa shape index (κ1) is 12.4. The number of methoxy groups -OCH3 is 2. The molecule has 0 fully saturated rings. The van der Waals surface area contributed by atoms with Crippen LogP contribution in [0.5, 0.6) is 0 Å². The molecule has 0 atom stereocenters. The molecule has 0 saturated heterocycles. The highest BCUT2D eigenvalue weighted by Gasteiger charge is 2.49. The Morgan fingerprint density at radius 2 is 1.88 bits per heavy atom. The summed E-state index contributed by atoms with van der Waals surface area (Å²) in [5.74, 6) is -1.29. The van der Waals surface area contributed by atoms with E-state index in [-0.39, 0.29) is 6.42 Å². The highest BCUT2D eigenvalue weighted by atomic mass is 16.5. The number of carbonyl (C=O) groups is 3. The van der Waals surface area contributed by atoms with Crippen molar-refractivity contribution in [3.8, 4) is 0 Å². The van der Waals surface area contributed by atoms with Crippen LogP contribution < -0.4 is 0 Å². The molecule has 0 radical (unpaired) electrons. The van der Waals surface area contributed by atoms with Crippen LogP contribution in [0.25, 0.3) is 0 Å². The molecule has 5 heteroatoms. The van der Waals surface area contributed by atoms with E-state index in [1.54, 1.807) is 6.08 Å². The van der Waals surface area contributed by atoms with Gasteiger partial charge in [-0.1, -0.05) is 6.08 Å². The Labute approximate surface area is 93.4 Å². The number of esters is 2. The minimum Gasteiger partial charge on any atom is -0.468 e. The zero-order valence-electron chi connectivity index (χ0n) is 9.32. The fourth-order valence-corrected chi connectivity index (χ4v) is 1.93. The van der Waals surface area contributed by atoms with Gasteiger partial charge in [0.25, 0.3) is 0 Å². The number of hydrogen-bond donors (Lipinski definition) is 0. The first-order valence-electron chi connectivity index (χ1n) is 4.91. The van der Waals surface area contributed by atoms with Gasteiger partial charge in [0.05, 0.1) is 14.2 Å². The van der Waals surface area contributed by atoms with Crippen molar-refractivity contribution in [2.24, 2.45) is 5.41 Å². The lowest BCUT2D eigenvalue weighted by Gasteiger charge is -2.30. The zero-order chi connectivity index (χ0) is 12.2.